The second-order valence-corrected chi connectivity index (χ2v) is 2.46. The molecule has 1 aromatic heterocycles. The van der Waals surface area contributed by atoms with Gasteiger partial charge in [0.1, 0.15) is 11.5 Å². The second kappa shape index (κ2) is 3.54. The van der Waals surface area contributed by atoms with Gasteiger partial charge in [-0.2, -0.15) is 13.2 Å². The average molecular weight is 209 g/mol. The highest BCUT2D eigenvalue weighted by Crippen LogP contribution is 2.26. The molecule has 2 N–H and O–H groups in total. The Balaban J connectivity index is 3.29. The maximum Gasteiger partial charge on any atom is 0.490 e. The highest BCUT2D eigenvalue weighted by atomic mass is 19.4. The molecule has 0 fully saturated rings. The van der Waals surface area contributed by atoms with Crippen LogP contribution in [0.4, 0.5) is 17.6 Å². The van der Waals surface area contributed by atoms with E-state index >= 15 is 0 Å². The molecule has 0 aliphatic heterocycles. The number of hydrogen-bond acceptors (Lipinski definition) is 3. The van der Waals surface area contributed by atoms with Crippen LogP contribution in [0.3, 0.4) is 0 Å². The summed E-state index contributed by atoms with van der Waals surface area (Å²) in [4.78, 5) is 2.75. The van der Waals surface area contributed by atoms with Crippen LogP contribution in [-0.4, -0.2) is 22.2 Å². The quantitative estimate of drug-likeness (QED) is 0.502. The molecule has 0 aliphatic carbocycles. The van der Waals surface area contributed by atoms with E-state index in [9.17, 15) is 17.6 Å². The Morgan fingerprint density at radius 1 is 1.29 bits per heavy atom. The fourth-order valence-corrected chi connectivity index (χ4v) is 0.889. The molecule has 0 saturated heterocycles. The standard InChI is InChI=1S/C6H4BF4NO2/c8-3-1-4(7(13)14)5(12-2-3)6(9,10)11/h1-2,13-14H. The Hall–Kier alpha value is -1.15. The molecule has 8 heteroatoms. The third kappa shape index (κ3) is 2.21. The van der Waals surface area contributed by atoms with Gasteiger partial charge in [0.2, 0.25) is 0 Å². The van der Waals surface area contributed by atoms with Crippen LogP contribution in [0.15, 0.2) is 12.3 Å². The van der Waals surface area contributed by atoms with E-state index in [0.29, 0.717) is 12.3 Å². The van der Waals surface area contributed by atoms with Crippen LogP contribution in [0.5, 0.6) is 0 Å². The van der Waals surface area contributed by atoms with E-state index in [-0.39, 0.29) is 0 Å². The molecule has 3 nitrogen and oxygen atoms in total. The normalized spacial score (nSPS) is 11.6. The van der Waals surface area contributed by atoms with Gasteiger partial charge in [0, 0.05) is 5.46 Å². The summed E-state index contributed by atoms with van der Waals surface area (Å²) in [5, 5.41) is 17.1. The third-order valence-electron chi connectivity index (χ3n) is 1.43. The molecule has 0 unspecified atom stereocenters. The van der Waals surface area contributed by atoms with E-state index in [0.717, 1.165) is 0 Å². The molecular weight excluding hydrogens is 205 g/mol. The maximum atomic E-state index is 12.4. The fourth-order valence-electron chi connectivity index (χ4n) is 0.889. The Kier molecular flexibility index (Phi) is 2.77. The zero-order chi connectivity index (χ0) is 10.9. The van der Waals surface area contributed by atoms with Gasteiger partial charge in [-0.1, -0.05) is 0 Å². The smallest absolute Gasteiger partial charge is 0.423 e. The molecule has 1 aromatic rings. The molecular formula is C6H4BF4NO2. The Morgan fingerprint density at radius 3 is 2.29 bits per heavy atom. The molecule has 0 aromatic carbocycles. The molecule has 14 heavy (non-hydrogen) atoms. The van der Waals surface area contributed by atoms with E-state index in [4.69, 9.17) is 10.0 Å². The number of nitrogens with zero attached hydrogens (tertiary/aromatic N) is 1. The van der Waals surface area contributed by atoms with Crippen molar-refractivity contribution < 1.29 is 27.6 Å². The van der Waals surface area contributed by atoms with Crippen molar-refractivity contribution in [3.8, 4) is 0 Å². The Labute approximate surface area is 76.2 Å². The molecule has 0 spiro atoms. The van der Waals surface area contributed by atoms with Crippen molar-refractivity contribution in [2.75, 3.05) is 0 Å². The minimum atomic E-state index is -4.84. The summed E-state index contributed by atoms with van der Waals surface area (Å²) in [7, 11) is -2.41. The van der Waals surface area contributed by atoms with Crippen molar-refractivity contribution in [3.05, 3.63) is 23.8 Å². The van der Waals surface area contributed by atoms with E-state index in [1.165, 1.54) is 0 Å². The topological polar surface area (TPSA) is 53.4 Å². The molecule has 0 bridgehead atoms. The van der Waals surface area contributed by atoms with Crippen LogP contribution >= 0.6 is 0 Å². The maximum absolute atomic E-state index is 12.4. The van der Waals surface area contributed by atoms with Crippen molar-refractivity contribution in [2.24, 2.45) is 0 Å². The summed E-state index contributed by atoms with van der Waals surface area (Å²) in [5.74, 6) is -1.07. The largest absolute Gasteiger partial charge is 0.490 e. The fraction of sp³-hybridized carbons (Fsp3) is 0.167. The first-order chi connectivity index (χ1) is 6.32. The first kappa shape index (κ1) is 10.9. The second-order valence-electron chi connectivity index (χ2n) is 2.46. The van der Waals surface area contributed by atoms with E-state index in [1.807, 2.05) is 0 Å². The molecule has 1 heterocycles. The minimum Gasteiger partial charge on any atom is -0.423 e. The van der Waals surface area contributed by atoms with Crippen LogP contribution in [0.1, 0.15) is 5.69 Å². The Morgan fingerprint density at radius 2 is 1.86 bits per heavy atom. The number of halogens is 4. The summed E-state index contributed by atoms with van der Waals surface area (Å²) in [6.45, 7) is 0. The lowest BCUT2D eigenvalue weighted by Gasteiger charge is -2.10. The van der Waals surface area contributed by atoms with Gasteiger partial charge < -0.3 is 10.0 Å². The third-order valence-corrected chi connectivity index (χ3v) is 1.43. The number of pyridine rings is 1. The summed E-state index contributed by atoms with van der Waals surface area (Å²) in [6, 6.07) is 0.375. The van der Waals surface area contributed by atoms with Crippen LogP contribution in [0, 0.1) is 5.82 Å². The highest BCUT2D eigenvalue weighted by molar-refractivity contribution is 6.59. The predicted octanol–water partition coefficient (Wildman–Crippen LogP) is -0.0807. The van der Waals surface area contributed by atoms with Crippen molar-refractivity contribution in [1.82, 2.24) is 4.98 Å². The summed E-state index contributed by atoms with van der Waals surface area (Å²) < 4.78 is 48.8. The van der Waals surface area contributed by atoms with Crippen LogP contribution < -0.4 is 5.46 Å². The molecule has 0 atom stereocenters. The molecule has 0 saturated carbocycles. The van der Waals surface area contributed by atoms with Crippen LogP contribution in [-0.2, 0) is 6.18 Å². The van der Waals surface area contributed by atoms with Crippen molar-refractivity contribution >= 4 is 12.6 Å². The molecule has 76 valence electrons. The molecule has 0 radical (unpaired) electrons. The molecule has 1 rings (SSSR count). The first-order valence-corrected chi connectivity index (χ1v) is 3.41. The van der Waals surface area contributed by atoms with E-state index in [1.54, 1.807) is 0 Å². The number of hydrogen-bond donors (Lipinski definition) is 2. The van der Waals surface area contributed by atoms with E-state index in [2.05, 4.69) is 4.98 Å². The summed E-state index contributed by atoms with van der Waals surface area (Å²) in [5.41, 5.74) is -2.51. The van der Waals surface area contributed by atoms with Gasteiger partial charge in [0.25, 0.3) is 0 Å². The van der Waals surface area contributed by atoms with Crippen molar-refractivity contribution in [2.45, 2.75) is 6.18 Å². The predicted molar refractivity (Wildman–Crippen MR) is 39.0 cm³/mol. The zero-order valence-corrected chi connectivity index (χ0v) is 6.59. The Bertz CT molecular complexity index is 341. The van der Waals surface area contributed by atoms with Gasteiger partial charge in [-0.05, 0) is 6.07 Å². The number of rotatable bonds is 1. The lowest BCUT2D eigenvalue weighted by Crippen LogP contribution is -2.37. The SMILES string of the molecule is OB(O)c1cc(F)cnc1C(F)(F)F. The zero-order valence-electron chi connectivity index (χ0n) is 6.59. The lowest BCUT2D eigenvalue weighted by molar-refractivity contribution is -0.140. The highest BCUT2D eigenvalue weighted by Gasteiger charge is 2.38. The van der Waals surface area contributed by atoms with Gasteiger partial charge in [-0.3, -0.25) is 0 Å². The van der Waals surface area contributed by atoms with Gasteiger partial charge in [-0.25, -0.2) is 9.37 Å². The summed E-state index contributed by atoms with van der Waals surface area (Å²) >= 11 is 0. The van der Waals surface area contributed by atoms with Crippen molar-refractivity contribution in [3.63, 3.8) is 0 Å². The number of aromatic nitrogens is 1. The number of alkyl halides is 3. The average Bonchev–Trinajstić information content (AvgIpc) is 2.01. The summed E-state index contributed by atoms with van der Waals surface area (Å²) in [6.07, 6.45) is -4.48. The van der Waals surface area contributed by atoms with Gasteiger partial charge >= 0.3 is 13.3 Å². The molecule has 0 amide bonds. The minimum absolute atomic E-state index is 0.356. The van der Waals surface area contributed by atoms with Crippen molar-refractivity contribution in [1.29, 1.82) is 0 Å². The monoisotopic (exact) mass is 209 g/mol. The molecule has 0 aliphatic rings. The first-order valence-electron chi connectivity index (χ1n) is 3.41. The van der Waals surface area contributed by atoms with Crippen LogP contribution in [0.2, 0.25) is 0 Å². The van der Waals surface area contributed by atoms with Crippen LogP contribution in [0.25, 0.3) is 0 Å². The van der Waals surface area contributed by atoms with Gasteiger partial charge in [0.15, 0.2) is 0 Å². The van der Waals surface area contributed by atoms with E-state index < -0.39 is 30.3 Å². The van der Waals surface area contributed by atoms with Gasteiger partial charge in [0.05, 0.1) is 6.20 Å². The van der Waals surface area contributed by atoms with Gasteiger partial charge in [-0.15, -0.1) is 0 Å². The lowest BCUT2D eigenvalue weighted by atomic mass is 9.79.